The van der Waals surface area contributed by atoms with Gasteiger partial charge in [0, 0.05) is 31.1 Å². The van der Waals surface area contributed by atoms with E-state index in [-0.39, 0.29) is 0 Å². The predicted molar refractivity (Wildman–Crippen MR) is 90.9 cm³/mol. The van der Waals surface area contributed by atoms with Crippen molar-refractivity contribution >= 4 is 16.5 Å². The Hall–Kier alpha value is -2.19. The van der Waals surface area contributed by atoms with Gasteiger partial charge >= 0.3 is 0 Å². The molecule has 0 amide bonds. The Kier molecular flexibility index (Phi) is 4.07. The van der Waals surface area contributed by atoms with Crippen molar-refractivity contribution < 1.29 is 8.83 Å². The zero-order valence-electron chi connectivity index (χ0n) is 13.7. The van der Waals surface area contributed by atoms with E-state index in [1.807, 2.05) is 13.0 Å². The molecule has 1 unspecified atom stereocenters. The molecule has 3 aromatic heterocycles. The van der Waals surface area contributed by atoms with Crippen LogP contribution >= 0.6 is 11.3 Å². The van der Waals surface area contributed by atoms with Crippen molar-refractivity contribution in [2.24, 2.45) is 0 Å². The summed E-state index contributed by atoms with van der Waals surface area (Å²) >= 11 is 1.71. The number of aromatic nitrogens is 3. The Balaban J connectivity index is 1.39. The number of thiazole rings is 1. The molecule has 126 valence electrons. The molecule has 7 nitrogen and oxygen atoms in total. The Morgan fingerprint density at radius 3 is 2.96 bits per heavy atom. The molecule has 0 aromatic carbocycles. The summed E-state index contributed by atoms with van der Waals surface area (Å²) in [6.45, 7) is 7.76. The number of aryl methyl sites for hydroxylation is 1. The first-order chi connectivity index (χ1) is 11.7. The summed E-state index contributed by atoms with van der Waals surface area (Å²) in [6, 6.07) is 4.02. The zero-order valence-corrected chi connectivity index (χ0v) is 14.5. The monoisotopic (exact) mass is 345 g/mol. The highest BCUT2D eigenvalue weighted by molar-refractivity contribution is 7.13. The van der Waals surface area contributed by atoms with Crippen LogP contribution < -0.4 is 4.90 Å². The predicted octanol–water partition coefficient (Wildman–Crippen LogP) is 2.81. The highest BCUT2D eigenvalue weighted by Gasteiger charge is 2.26. The smallest absolute Gasteiger partial charge is 0.283 e. The summed E-state index contributed by atoms with van der Waals surface area (Å²) in [6.07, 6.45) is 1.60. The van der Waals surface area contributed by atoms with Crippen molar-refractivity contribution in [2.45, 2.75) is 26.4 Å². The van der Waals surface area contributed by atoms with Crippen LogP contribution in [0, 0.1) is 6.92 Å². The summed E-state index contributed by atoms with van der Waals surface area (Å²) in [7, 11) is 0. The van der Waals surface area contributed by atoms with E-state index in [0.717, 1.165) is 30.5 Å². The molecule has 24 heavy (non-hydrogen) atoms. The van der Waals surface area contributed by atoms with Gasteiger partial charge in [0.2, 0.25) is 5.89 Å². The third-order valence-corrected chi connectivity index (χ3v) is 5.12. The van der Waals surface area contributed by atoms with Crippen LogP contribution in [-0.2, 0) is 6.54 Å². The Bertz CT molecular complexity index is 797. The van der Waals surface area contributed by atoms with E-state index >= 15 is 0 Å². The maximum absolute atomic E-state index is 5.70. The molecule has 8 heteroatoms. The van der Waals surface area contributed by atoms with Gasteiger partial charge < -0.3 is 13.7 Å². The Labute approximate surface area is 143 Å². The van der Waals surface area contributed by atoms with Gasteiger partial charge in [-0.25, -0.2) is 4.98 Å². The molecule has 0 saturated carbocycles. The molecule has 1 aliphatic heterocycles. The van der Waals surface area contributed by atoms with Crippen LogP contribution in [0.15, 0.2) is 32.6 Å². The molecule has 1 atom stereocenters. The third-order valence-electron chi connectivity index (χ3n) is 4.12. The van der Waals surface area contributed by atoms with E-state index in [4.69, 9.17) is 8.83 Å². The number of anilines is 1. The van der Waals surface area contributed by atoms with Gasteiger partial charge in [-0.1, -0.05) is 0 Å². The van der Waals surface area contributed by atoms with Gasteiger partial charge in [0.1, 0.15) is 0 Å². The van der Waals surface area contributed by atoms with E-state index in [9.17, 15) is 0 Å². The molecule has 0 radical (unpaired) electrons. The Morgan fingerprint density at radius 2 is 2.25 bits per heavy atom. The number of furan rings is 1. The van der Waals surface area contributed by atoms with Crippen LogP contribution in [0.4, 0.5) is 5.13 Å². The average molecular weight is 345 g/mol. The lowest BCUT2D eigenvalue weighted by Gasteiger charge is -2.39. The lowest BCUT2D eigenvalue weighted by Crippen LogP contribution is -2.51. The molecule has 0 bridgehead atoms. The summed E-state index contributed by atoms with van der Waals surface area (Å²) in [4.78, 5) is 9.31. The molecule has 4 heterocycles. The number of hydrogen-bond acceptors (Lipinski definition) is 8. The van der Waals surface area contributed by atoms with E-state index < -0.39 is 0 Å². The van der Waals surface area contributed by atoms with Gasteiger partial charge in [-0.05, 0) is 26.0 Å². The zero-order chi connectivity index (χ0) is 16.5. The van der Waals surface area contributed by atoms with E-state index in [1.54, 1.807) is 23.7 Å². The first kappa shape index (κ1) is 15.3. The number of rotatable bonds is 4. The second-order valence-corrected chi connectivity index (χ2v) is 6.86. The summed E-state index contributed by atoms with van der Waals surface area (Å²) in [5.74, 6) is 1.65. The normalized spacial score (nSPS) is 19.1. The fraction of sp³-hybridized carbons (Fsp3) is 0.438. The molecule has 3 aromatic rings. The molecule has 1 saturated heterocycles. The minimum Gasteiger partial charge on any atom is -0.459 e. The molecule has 4 rings (SSSR count). The van der Waals surface area contributed by atoms with E-state index in [2.05, 4.69) is 37.3 Å². The quantitative estimate of drug-likeness (QED) is 0.720. The second kappa shape index (κ2) is 6.37. The Morgan fingerprint density at radius 1 is 1.33 bits per heavy atom. The van der Waals surface area contributed by atoms with Gasteiger partial charge in [-0.2, -0.15) is 0 Å². The highest BCUT2D eigenvalue weighted by Crippen LogP contribution is 2.25. The molecule has 0 N–H and O–H groups in total. The highest BCUT2D eigenvalue weighted by atomic mass is 32.1. The summed E-state index contributed by atoms with van der Waals surface area (Å²) < 4.78 is 11.0. The first-order valence-corrected chi connectivity index (χ1v) is 8.84. The van der Waals surface area contributed by atoms with Gasteiger partial charge in [-0.15, -0.1) is 21.5 Å². The molecular weight excluding hydrogens is 326 g/mol. The van der Waals surface area contributed by atoms with Crippen LogP contribution in [0.2, 0.25) is 0 Å². The maximum Gasteiger partial charge on any atom is 0.283 e. The number of nitrogens with zero attached hydrogens (tertiary/aromatic N) is 5. The lowest BCUT2D eigenvalue weighted by molar-refractivity contribution is 0.202. The topological polar surface area (TPSA) is 71.4 Å². The third kappa shape index (κ3) is 3.07. The van der Waals surface area contributed by atoms with Crippen LogP contribution in [0.1, 0.15) is 18.5 Å². The minimum absolute atomic E-state index is 0.400. The van der Waals surface area contributed by atoms with Crippen LogP contribution in [0.5, 0.6) is 0 Å². The van der Waals surface area contributed by atoms with E-state index in [1.165, 1.54) is 0 Å². The van der Waals surface area contributed by atoms with Crippen molar-refractivity contribution in [2.75, 3.05) is 24.5 Å². The van der Waals surface area contributed by atoms with Gasteiger partial charge in [-0.3, -0.25) is 4.90 Å². The number of piperazine rings is 1. The van der Waals surface area contributed by atoms with Crippen molar-refractivity contribution in [1.29, 1.82) is 0 Å². The molecule has 0 spiro atoms. The van der Waals surface area contributed by atoms with Crippen LogP contribution in [-0.4, -0.2) is 45.8 Å². The van der Waals surface area contributed by atoms with Crippen molar-refractivity contribution in [3.8, 4) is 11.7 Å². The molecule has 0 aliphatic carbocycles. The van der Waals surface area contributed by atoms with Crippen molar-refractivity contribution in [1.82, 2.24) is 20.1 Å². The van der Waals surface area contributed by atoms with Gasteiger partial charge in [0.25, 0.3) is 5.89 Å². The van der Waals surface area contributed by atoms with Crippen molar-refractivity contribution in [3.05, 3.63) is 35.4 Å². The van der Waals surface area contributed by atoms with Crippen LogP contribution in [0.3, 0.4) is 0 Å². The standard InChI is InChI=1S/C16H19N5O2S/c1-11-10-24-16(17-11)21-6-5-20(8-12(21)2)9-14-18-19-15(23-14)13-4-3-7-22-13/h3-4,7,10,12H,5-6,8-9H2,1-2H3. The fourth-order valence-electron chi connectivity index (χ4n) is 2.94. The molecule has 1 fully saturated rings. The SMILES string of the molecule is Cc1csc(N2CCN(Cc3nnc(-c4ccco4)o3)CC2C)n1. The summed E-state index contributed by atoms with van der Waals surface area (Å²) in [5.41, 5.74) is 1.08. The molecule has 1 aliphatic rings. The van der Waals surface area contributed by atoms with Gasteiger partial charge in [0.05, 0.1) is 18.5 Å². The van der Waals surface area contributed by atoms with Crippen molar-refractivity contribution in [3.63, 3.8) is 0 Å². The van der Waals surface area contributed by atoms with E-state index in [0.29, 0.717) is 30.1 Å². The summed E-state index contributed by atoms with van der Waals surface area (Å²) in [5, 5.41) is 11.4. The molecular formula is C16H19N5O2S. The van der Waals surface area contributed by atoms with Gasteiger partial charge in [0.15, 0.2) is 10.9 Å². The number of hydrogen-bond donors (Lipinski definition) is 0. The average Bonchev–Trinajstić information content (AvgIpc) is 3.28. The fourth-order valence-corrected chi connectivity index (χ4v) is 3.87. The second-order valence-electron chi connectivity index (χ2n) is 6.03. The lowest BCUT2D eigenvalue weighted by atomic mass is 10.2. The largest absolute Gasteiger partial charge is 0.459 e. The maximum atomic E-state index is 5.70. The minimum atomic E-state index is 0.400. The first-order valence-electron chi connectivity index (χ1n) is 7.96. The van der Waals surface area contributed by atoms with Crippen LogP contribution in [0.25, 0.3) is 11.7 Å².